The minimum absolute atomic E-state index is 0.267. The van der Waals surface area contributed by atoms with Gasteiger partial charge < -0.3 is 0 Å². The van der Waals surface area contributed by atoms with Crippen molar-refractivity contribution in [2.75, 3.05) is 18.4 Å². The number of thiazole rings is 1. The molecule has 2 aromatic carbocycles. The monoisotopic (exact) mass is 431 g/mol. The molecule has 1 amide bonds. The summed E-state index contributed by atoms with van der Waals surface area (Å²) in [4.78, 5) is 16.9. The first-order chi connectivity index (χ1) is 13.9. The number of hydrogen-bond acceptors (Lipinski definition) is 5. The molecule has 2 heterocycles. The highest BCUT2D eigenvalue weighted by atomic mass is 32.2. The van der Waals surface area contributed by atoms with E-state index < -0.39 is 15.8 Å². The quantitative estimate of drug-likeness (QED) is 0.663. The summed E-state index contributed by atoms with van der Waals surface area (Å²) in [5, 5.41) is 4.87. The van der Waals surface area contributed by atoms with Crippen LogP contribution >= 0.6 is 11.3 Å². The van der Waals surface area contributed by atoms with Crippen molar-refractivity contribution in [1.29, 1.82) is 0 Å². The third-order valence-electron chi connectivity index (χ3n) is 4.68. The first-order valence-electron chi connectivity index (χ1n) is 9.06. The number of rotatable bonds is 5. The molecule has 3 aromatic rings. The largest absolute Gasteiger partial charge is 0.298 e. The van der Waals surface area contributed by atoms with Crippen molar-refractivity contribution in [3.63, 3.8) is 0 Å². The number of nitrogens with one attached hydrogen (secondary N) is 1. The van der Waals surface area contributed by atoms with Crippen LogP contribution in [0.1, 0.15) is 23.2 Å². The second kappa shape index (κ2) is 8.02. The number of benzene rings is 2. The summed E-state index contributed by atoms with van der Waals surface area (Å²) < 4.78 is 39.7. The van der Waals surface area contributed by atoms with Gasteiger partial charge in [0.15, 0.2) is 5.13 Å². The number of amides is 1. The number of anilines is 1. The SMILES string of the molecule is O=C(Nc1nc(-c2ccc(S(=O)(=O)N3CCCC3)cc2)cs1)c1ccc(F)cc1. The van der Waals surface area contributed by atoms with E-state index in [1.54, 1.807) is 29.6 Å². The number of carbonyl (C=O) groups is 1. The van der Waals surface area contributed by atoms with Crippen LogP contribution in [0.4, 0.5) is 9.52 Å². The van der Waals surface area contributed by atoms with Gasteiger partial charge in [0.05, 0.1) is 10.6 Å². The maximum absolute atomic E-state index is 13.0. The Morgan fingerprint density at radius 3 is 2.34 bits per heavy atom. The summed E-state index contributed by atoms with van der Waals surface area (Å²) in [6, 6.07) is 11.8. The molecule has 0 unspecified atom stereocenters. The van der Waals surface area contributed by atoms with Gasteiger partial charge in [-0.2, -0.15) is 4.31 Å². The normalized spacial score (nSPS) is 14.8. The molecule has 1 aromatic heterocycles. The number of nitrogens with zero attached hydrogens (tertiary/aromatic N) is 2. The Hall–Kier alpha value is -2.62. The smallest absolute Gasteiger partial charge is 0.257 e. The average Bonchev–Trinajstić information content (AvgIpc) is 3.41. The summed E-state index contributed by atoms with van der Waals surface area (Å²) in [5.41, 5.74) is 1.72. The van der Waals surface area contributed by atoms with Crippen LogP contribution < -0.4 is 5.32 Å². The summed E-state index contributed by atoms with van der Waals surface area (Å²) in [6.07, 6.45) is 1.78. The van der Waals surface area contributed by atoms with E-state index >= 15 is 0 Å². The van der Waals surface area contributed by atoms with E-state index in [9.17, 15) is 17.6 Å². The van der Waals surface area contributed by atoms with Gasteiger partial charge in [-0.1, -0.05) is 12.1 Å². The van der Waals surface area contributed by atoms with Gasteiger partial charge in [-0.3, -0.25) is 10.1 Å². The van der Waals surface area contributed by atoms with Gasteiger partial charge in [0, 0.05) is 29.6 Å². The lowest BCUT2D eigenvalue weighted by atomic mass is 10.2. The van der Waals surface area contributed by atoms with Gasteiger partial charge >= 0.3 is 0 Å². The van der Waals surface area contributed by atoms with Crippen molar-refractivity contribution < 1.29 is 17.6 Å². The van der Waals surface area contributed by atoms with Gasteiger partial charge in [0.1, 0.15) is 5.82 Å². The van der Waals surface area contributed by atoms with E-state index in [0.29, 0.717) is 29.5 Å². The third kappa shape index (κ3) is 4.21. The molecular weight excluding hydrogens is 413 g/mol. The summed E-state index contributed by atoms with van der Waals surface area (Å²) in [6.45, 7) is 1.13. The van der Waals surface area contributed by atoms with Crippen LogP contribution in [0.2, 0.25) is 0 Å². The molecule has 1 saturated heterocycles. The Labute approximate surface area is 172 Å². The fourth-order valence-corrected chi connectivity index (χ4v) is 5.34. The zero-order chi connectivity index (χ0) is 20.4. The average molecular weight is 432 g/mol. The van der Waals surface area contributed by atoms with Crippen LogP contribution in [-0.4, -0.2) is 36.7 Å². The Balaban J connectivity index is 1.48. The van der Waals surface area contributed by atoms with E-state index in [1.807, 2.05) is 0 Å². The van der Waals surface area contributed by atoms with Crippen molar-refractivity contribution in [2.24, 2.45) is 0 Å². The maximum Gasteiger partial charge on any atom is 0.257 e. The highest BCUT2D eigenvalue weighted by molar-refractivity contribution is 7.89. The highest BCUT2D eigenvalue weighted by Crippen LogP contribution is 2.27. The fourth-order valence-electron chi connectivity index (χ4n) is 3.11. The van der Waals surface area contributed by atoms with Crippen molar-refractivity contribution in [2.45, 2.75) is 17.7 Å². The van der Waals surface area contributed by atoms with Crippen molar-refractivity contribution in [1.82, 2.24) is 9.29 Å². The molecule has 0 bridgehead atoms. The minimum Gasteiger partial charge on any atom is -0.298 e. The molecule has 1 aliphatic heterocycles. The Morgan fingerprint density at radius 1 is 1.03 bits per heavy atom. The van der Waals surface area contributed by atoms with Crippen LogP contribution in [0.25, 0.3) is 11.3 Å². The number of sulfonamides is 1. The molecule has 0 spiro atoms. The lowest BCUT2D eigenvalue weighted by Gasteiger charge is -2.15. The Bertz CT molecular complexity index is 1120. The van der Waals surface area contributed by atoms with Crippen molar-refractivity contribution in [3.05, 3.63) is 65.3 Å². The van der Waals surface area contributed by atoms with Crippen LogP contribution in [0.3, 0.4) is 0 Å². The number of carbonyl (C=O) groups excluding carboxylic acids is 1. The summed E-state index contributed by atoms with van der Waals surface area (Å²) in [7, 11) is -3.45. The van der Waals surface area contributed by atoms with Crippen molar-refractivity contribution >= 4 is 32.4 Å². The zero-order valence-electron chi connectivity index (χ0n) is 15.3. The standard InChI is InChI=1S/C20H18FN3O3S2/c21-16-7-3-15(4-8-16)19(25)23-20-22-18(13-28-20)14-5-9-17(10-6-14)29(26,27)24-11-1-2-12-24/h3-10,13H,1-2,11-12H2,(H,22,23,25). The van der Waals surface area contributed by atoms with Gasteiger partial charge in [-0.25, -0.2) is 17.8 Å². The van der Waals surface area contributed by atoms with E-state index in [1.165, 1.54) is 39.9 Å². The Kier molecular flexibility index (Phi) is 5.44. The van der Waals surface area contributed by atoms with Crippen LogP contribution in [0.15, 0.2) is 58.8 Å². The molecule has 9 heteroatoms. The molecule has 150 valence electrons. The third-order valence-corrected chi connectivity index (χ3v) is 7.35. The number of aromatic nitrogens is 1. The highest BCUT2D eigenvalue weighted by Gasteiger charge is 2.27. The van der Waals surface area contributed by atoms with Gasteiger partial charge in [0.2, 0.25) is 10.0 Å². The predicted molar refractivity (Wildman–Crippen MR) is 110 cm³/mol. The van der Waals surface area contributed by atoms with Gasteiger partial charge in [0.25, 0.3) is 5.91 Å². The second-order valence-electron chi connectivity index (χ2n) is 6.63. The molecule has 0 saturated carbocycles. The molecule has 1 fully saturated rings. The molecule has 0 radical (unpaired) electrons. The van der Waals surface area contributed by atoms with Gasteiger partial charge in [-0.15, -0.1) is 11.3 Å². The molecule has 29 heavy (non-hydrogen) atoms. The minimum atomic E-state index is -3.45. The molecule has 1 aliphatic rings. The lowest BCUT2D eigenvalue weighted by Crippen LogP contribution is -2.27. The number of halogens is 1. The Morgan fingerprint density at radius 2 is 1.69 bits per heavy atom. The van der Waals surface area contributed by atoms with E-state index in [4.69, 9.17) is 0 Å². The van der Waals surface area contributed by atoms with Gasteiger partial charge in [-0.05, 0) is 49.2 Å². The maximum atomic E-state index is 13.0. The second-order valence-corrected chi connectivity index (χ2v) is 9.43. The molecule has 0 aliphatic carbocycles. The zero-order valence-corrected chi connectivity index (χ0v) is 17.0. The molecule has 4 rings (SSSR count). The van der Waals surface area contributed by atoms with E-state index in [-0.39, 0.29) is 10.8 Å². The summed E-state index contributed by atoms with van der Waals surface area (Å²) in [5.74, 6) is -0.786. The first kappa shape index (κ1) is 19.7. The topological polar surface area (TPSA) is 79.4 Å². The van der Waals surface area contributed by atoms with Crippen molar-refractivity contribution in [3.8, 4) is 11.3 Å². The van der Waals surface area contributed by atoms with E-state index in [2.05, 4.69) is 10.3 Å². The van der Waals surface area contributed by atoms with Crippen LogP contribution in [0, 0.1) is 5.82 Å². The number of hydrogen-bond donors (Lipinski definition) is 1. The molecule has 6 nitrogen and oxygen atoms in total. The first-order valence-corrected chi connectivity index (χ1v) is 11.4. The molecular formula is C20H18FN3O3S2. The van der Waals surface area contributed by atoms with Crippen LogP contribution in [-0.2, 0) is 10.0 Å². The summed E-state index contributed by atoms with van der Waals surface area (Å²) >= 11 is 1.26. The lowest BCUT2D eigenvalue weighted by molar-refractivity contribution is 0.102. The van der Waals surface area contributed by atoms with Crippen LogP contribution in [0.5, 0.6) is 0 Å². The predicted octanol–water partition coefficient (Wildman–Crippen LogP) is 3.99. The molecule has 1 N–H and O–H groups in total. The van der Waals surface area contributed by atoms with E-state index in [0.717, 1.165) is 18.4 Å². The molecule has 0 atom stereocenters. The fraction of sp³-hybridized carbons (Fsp3) is 0.200.